The van der Waals surface area contributed by atoms with Crippen LogP contribution in [0.2, 0.25) is 0 Å². The number of Topliss-reactive ketones (excluding diaryl/α,β-unsaturated/α-hetero) is 1. The molecule has 3 nitrogen and oxygen atoms in total. The first-order valence-electron chi connectivity index (χ1n) is 6.61. The van der Waals surface area contributed by atoms with Crippen LogP contribution >= 0.6 is 12.2 Å². The zero-order valence-corrected chi connectivity index (χ0v) is 11.9. The van der Waals surface area contributed by atoms with E-state index in [1.165, 1.54) is 0 Å². The van der Waals surface area contributed by atoms with Crippen LogP contribution in [0.25, 0.3) is 0 Å². The molecule has 0 saturated carbocycles. The molecule has 0 saturated heterocycles. The van der Waals surface area contributed by atoms with Crippen LogP contribution in [0.3, 0.4) is 0 Å². The van der Waals surface area contributed by atoms with Crippen molar-refractivity contribution in [1.82, 2.24) is 0 Å². The maximum absolute atomic E-state index is 12.7. The van der Waals surface area contributed by atoms with Gasteiger partial charge in [-0.15, -0.1) is 0 Å². The summed E-state index contributed by atoms with van der Waals surface area (Å²) in [7, 11) is 0. The molecule has 0 bridgehead atoms. The fourth-order valence-electron chi connectivity index (χ4n) is 2.32. The summed E-state index contributed by atoms with van der Waals surface area (Å²) in [6.45, 7) is 2.59. The van der Waals surface area contributed by atoms with Gasteiger partial charge in [0.15, 0.2) is 6.10 Å². The molecule has 2 aliphatic rings. The number of ketones is 1. The first kappa shape index (κ1) is 13.1. The Hall–Kier alpha value is -1.94. The molecule has 1 aromatic rings. The highest BCUT2D eigenvalue weighted by molar-refractivity contribution is 7.80. The van der Waals surface area contributed by atoms with Crippen LogP contribution in [0, 0.1) is 0 Å². The third-order valence-corrected chi connectivity index (χ3v) is 3.62. The van der Waals surface area contributed by atoms with Crippen molar-refractivity contribution in [3.8, 4) is 5.75 Å². The number of thiocarbonyl (C=S) groups is 1. The van der Waals surface area contributed by atoms with Crippen LogP contribution < -0.4 is 4.74 Å². The lowest BCUT2D eigenvalue weighted by Crippen LogP contribution is -2.38. The van der Waals surface area contributed by atoms with Gasteiger partial charge in [0.05, 0.1) is 22.6 Å². The normalized spacial score (nSPS) is 20.4. The summed E-state index contributed by atoms with van der Waals surface area (Å²) in [4.78, 5) is 13.3. The van der Waals surface area contributed by atoms with Crippen LogP contribution in [0.15, 0.2) is 47.7 Å². The molecule has 1 aromatic carbocycles. The fourth-order valence-corrected chi connectivity index (χ4v) is 2.56. The van der Waals surface area contributed by atoms with Crippen molar-refractivity contribution in [2.24, 2.45) is 0 Å². The highest BCUT2D eigenvalue weighted by atomic mass is 32.1. The van der Waals surface area contributed by atoms with E-state index in [0.717, 1.165) is 6.42 Å². The standard InChI is InChI=1S/C16H14O3S/c1-2-9-18-12-7-8-13(20)16-14(12)15(17)10-5-3-4-6-11(10)19-16/h3-8,16H,2,9H2,1H3. The Morgan fingerprint density at radius 2 is 2.10 bits per heavy atom. The first-order chi connectivity index (χ1) is 9.72. The summed E-state index contributed by atoms with van der Waals surface area (Å²) in [5.74, 6) is 1.10. The Morgan fingerprint density at radius 3 is 2.90 bits per heavy atom. The first-order valence-corrected chi connectivity index (χ1v) is 7.02. The fraction of sp³-hybridized carbons (Fsp3) is 0.250. The van der Waals surface area contributed by atoms with Gasteiger partial charge in [0.1, 0.15) is 11.5 Å². The molecule has 1 heterocycles. The van der Waals surface area contributed by atoms with E-state index in [1.807, 2.05) is 19.1 Å². The van der Waals surface area contributed by atoms with Crippen LogP contribution in [-0.2, 0) is 4.74 Å². The van der Waals surface area contributed by atoms with E-state index in [-0.39, 0.29) is 5.78 Å². The Bertz CT molecular complexity index is 643. The van der Waals surface area contributed by atoms with Gasteiger partial charge < -0.3 is 9.47 Å². The molecule has 0 amide bonds. The average Bonchev–Trinajstić information content (AvgIpc) is 2.47. The number of ether oxygens (including phenoxy) is 2. The third-order valence-electron chi connectivity index (χ3n) is 3.27. The van der Waals surface area contributed by atoms with Gasteiger partial charge in [0.25, 0.3) is 0 Å². The quantitative estimate of drug-likeness (QED) is 0.799. The van der Waals surface area contributed by atoms with E-state index in [2.05, 4.69) is 0 Å². The van der Waals surface area contributed by atoms with Gasteiger partial charge in [0.2, 0.25) is 5.78 Å². The SMILES string of the molecule is CCCOC1=C2C(=O)c3ccccc3OC2C(=S)C=C1. The van der Waals surface area contributed by atoms with Crippen molar-refractivity contribution >= 4 is 22.9 Å². The monoisotopic (exact) mass is 286 g/mol. The molecule has 20 heavy (non-hydrogen) atoms. The summed E-state index contributed by atoms with van der Waals surface area (Å²) < 4.78 is 11.5. The predicted molar refractivity (Wildman–Crippen MR) is 80.2 cm³/mol. The summed E-state index contributed by atoms with van der Waals surface area (Å²) in [5, 5.41) is 0. The molecule has 4 heteroatoms. The molecular weight excluding hydrogens is 272 g/mol. The predicted octanol–water partition coefficient (Wildman–Crippen LogP) is 3.25. The number of carbonyl (C=O) groups excluding carboxylic acids is 1. The van der Waals surface area contributed by atoms with Gasteiger partial charge in [-0.25, -0.2) is 0 Å². The summed E-state index contributed by atoms with van der Waals surface area (Å²) >= 11 is 5.30. The van der Waals surface area contributed by atoms with E-state index < -0.39 is 6.10 Å². The molecule has 3 rings (SSSR count). The molecular formula is C16H14O3S. The molecule has 1 aliphatic carbocycles. The van der Waals surface area contributed by atoms with Gasteiger partial charge in [-0.05, 0) is 30.7 Å². The van der Waals surface area contributed by atoms with Crippen LogP contribution in [0.1, 0.15) is 23.7 Å². The lowest BCUT2D eigenvalue weighted by molar-refractivity contribution is 0.0969. The number of benzene rings is 1. The molecule has 1 unspecified atom stereocenters. The van der Waals surface area contributed by atoms with Crippen molar-refractivity contribution in [2.45, 2.75) is 19.4 Å². The van der Waals surface area contributed by atoms with E-state index in [1.54, 1.807) is 24.3 Å². The number of rotatable bonds is 3. The van der Waals surface area contributed by atoms with Gasteiger partial charge in [-0.3, -0.25) is 4.79 Å². The third kappa shape index (κ3) is 2.06. The van der Waals surface area contributed by atoms with Crippen LogP contribution in [-0.4, -0.2) is 23.4 Å². The smallest absolute Gasteiger partial charge is 0.200 e. The summed E-state index contributed by atoms with van der Waals surface area (Å²) in [6.07, 6.45) is 3.91. The van der Waals surface area contributed by atoms with E-state index >= 15 is 0 Å². The van der Waals surface area contributed by atoms with Crippen LogP contribution in [0.4, 0.5) is 0 Å². The molecule has 1 aliphatic heterocycles. The molecule has 0 radical (unpaired) electrons. The lowest BCUT2D eigenvalue weighted by atomic mass is 9.89. The van der Waals surface area contributed by atoms with Crippen molar-refractivity contribution in [2.75, 3.05) is 6.61 Å². The molecule has 0 N–H and O–H groups in total. The number of hydrogen-bond acceptors (Lipinski definition) is 4. The largest absolute Gasteiger partial charge is 0.493 e. The van der Waals surface area contributed by atoms with Crippen molar-refractivity contribution in [1.29, 1.82) is 0 Å². The van der Waals surface area contributed by atoms with E-state index in [0.29, 0.717) is 34.1 Å². The number of hydrogen-bond donors (Lipinski definition) is 0. The molecule has 1 atom stereocenters. The maximum Gasteiger partial charge on any atom is 0.200 e. The van der Waals surface area contributed by atoms with Crippen molar-refractivity contribution < 1.29 is 14.3 Å². The van der Waals surface area contributed by atoms with Gasteiger partial charge in [0, 0.05) is 0 Å². The number of para-hydroxylation sites is 1. The average molecular weight is 286 g/mol. The molecule has 0 spiro atoms. The van der Waals surface area contributed by atoms with Gasteiger partial charge in [-0.1, -0.05) is 31.3 Å². The second-order valence-electron chi connectivity index (χ2n) is 4.69. The molecule has 0 aromatic heterocycles. The van der Waals surface area contributed by atoms with E-state index in [9.17, 15) is 4.79 Å². The zero-order chi connectivity index (χ0) is 14.1. The van der Waals surface area contributed by atoms with Gasteiger partial charge >= 0.3 is 0 Å². The minimum Gasteiger partial charge on any atom is -0.493 e. The minimum atomic E-state index is -0.510. The molecule has 0 fully saturated rings. The zero-order valence-electron chi connectivity index (χ0n) is 11.1. The summed E-state index contributed by atoms with van der Waals surface area (Å²) in [6, 6.07) is 7.22. The Balaban J connectivity index is 2.09. The maximum atomic E-state index is 12.7. The van der Waals surface area contributed by atoms with E-state index in [4.69, 9.17) is 21.7 Å². The van der Waals surface area contributed by atoms with Gasteiger partial charge in [-0.2, -0.15) is 0 Å². The Morgan fingerprint density at radius 1 is 1.30 bits per heavy atom. The Labute approximate surface area is 122 Å². The number of carbonyl (C=O) groups is 1. The van der Waals surface area contributed by atoms with Crippen molar-refractivity contribution in [3.05, 3.63) is 53.3 Å². The lowest BCUT2D eigenvalue weighted by Gasteiger charge is -2.30. The van der Waals surface area contributed by atoms with Crippen LogP contribution in [0.5, 0.6) is 5.75 Å². The Kier molecular flexibility index (Phi) is 3.40. The second-order valence-corrected chi connectivity index (χ2v) is 5.16. The van der Waals surface area contributed by atoms with Crippen molar-refractivity contribution in [3.63, 3.8) is 0 Å². The summed E-state index contributed by atoms with van der Waals surface area (Å²) in [5.41, 5.74) is 1.08. The number of fused-ring (bicyclic) bond motifs is 2. The topological polar surface area (TPSA) is 35.5 Å². The number of allylic oxidation sites excluding steroid dienone is 1. The minimum absolute atomic E-state index is 0.0605. The highest BCUT2D eigenvalue weighted by Gasteiger charge is 2.38. The second kappa shape index (κ2) is 5.21. The molecule has 102 valence electrons. The highest BCUT2D eigenvalue weighted by Crippen LogP contribution is 2.35.